The van der Waals surface area contributed by atoms with Gasteiger partial charge in [-0.2, -0.15) is 0 Å². The van der Waals surface area contributed by atoms with Gasteiger partial charge in [-0.1, -0.05) is 145 Å². The molecule has 1 aliphatic rings. The second-order valence-electron chi connectivity index (χ2n) is 14.8. The van der Waals surface area contributed by atoms with E-state index in [0.717, 1.165) is 51.4 Å². The summed E-state index contributed by atoms with van der Waals surface area (Å²) in [5.41, 5.74) is 0. The molecular formula is C44H75O13P. The molecule has 0 aliphatic heterocycles. The van der Waals surface area contributed by atoms with Crippen molar-refractivity contribution in [2.75, 3.05) is 13.2 Å². The number of allylic oxidation sites excluding steroid dienone is 10. The van der Waals surface area contributed by atoms with Gasteiger partial charge in [0, 0.05) is 12.8 Å². The van der Waals surface area contributed by atoms with Crippen LogP contribution in [0.25, 0.3) is 0 Å². The summed E-state index contributed by atoms with van der Waals surface area (Å²) in [5.74, 6) is -1.17. The van der Waals surface area contributed by atoms with Gasteiger partial charge in [0.25, 0.3) is 0 Å². The first-order valence-electron chi connectivity index (χ1n) is 21.6. The molecule has 0 aromatic rings. The van der Waals surface area contributed by atoms with E-state index in [-0.39, 0.29) is 12.8 Å². The molecule has 0 spiro atoms. The fourth-order valence-corrected chi connectivity index (χ4v) is 7.12. The number of aliphatic hydroxyl groups excluding tert-OH is 5. The third kappa shape index (κ3) is 26.6. The number of aliphatic hydroxyl groups is 5. The summed E-state index contributed by atoms with van der Waals surface area (Å²) in [4.78, 5) is 35.6. The molecule has 0 amide bonds. The number of hydrogen-bond donors (Lipinski definition) is 6. The largest absolute Gasteiger partial charge is 0.472 e. The maximum Gasteiger partial charge on any atom is 0.472 e. The van der Waals surface area contributed by atoms with Crippen LogP contribution in [-0.2, 0) is 32.7 Å². The second-order valence-corrected chi connectivity index (χ2v) is 16.2. The number of phosphoric acid groups is 1. The van der Waals surface area contributed by atoms with Crippen LogP contribution in [0.2, 0.25) is 0 Å². The highest BCUT2D eigenvalue weighted by Crippen LogP contribution is 2.47. The molecular weight excluding hydrogens is 767 g/mol. The van der Waals surface area contributed by atoms with E-state index in [9.17, 15) is 44.6 Å². The van der Waals surface area contributed by atoms with E-state index in [1.54, 1.807) is 0 Å². The standard InChI is InChI=1S/C44H75O13P/c1-3-5-7-9-11-13-15-17-18-19-20-21-23-25-27-29-31-33-38(46)56-36(34-54-37(45)32-30-28-26-24-22-16-14-12-10-8-6-4-2)35-55-58(52,53)57-44-42(50)40(48)39(47)41(49)43(44)51/h5,7,11,13,17-18,20-21,25,27,36,39-44,47-51H,3-4,6,8-10,12,14-16,19,22-24,26,28-35H2,1-2H3,(H,52,53)/b7-5-,13-11-,18-17-,21-20-,27-25-/t36-,39?,40-,41?,42?,43?,44?/m1/s1. The first-order valence-corrected chi connectivity index (χ1v) is 23.1. The molecule has 58 heavy (non-hydrogen) atoms. The Bertz CT molecular complexity index is 1250. The average molecular weight is 843 g/mol. The van der Waals surface area contributed by atoms with E-state index in [0.29, 0.717) is 19.3 Å². The number of carbonyl (C=O) groups excluding carboxylic acids is 2. The van der Waals surface area contributed by atoms with Crippen molar-refractivity contribution < 1.29 is 63.1 Å². The molecule has 13 nitrogen and oxygen atoms in total. The predicted octanol–water partition coefficient (Wildman–Crippen LogP) is 7.77. The number of esters is 2. The van der Waals surface area contributed by atoms with Crippen LogP contribution in [0.4, 0.5) is 0 Å². The van der Waals surface area contributed by atoms with Gasteiger partial charge in [0.05, 0.1) is 6.61 Å². The molecule has 0 bridgehead atoms. The number of phosphoric ester groups is 1. The molecule has 0 saturated heterocycles. The molecule has 6 unspecified atom stereocenters. The van der Waals surface area contributed by atoms with Crippen molar-refractivity contribution in [2.24, 2.45) is 0 Å². The Morgan fingerprint density at radius 2 is 0.983 bits per heavy atom. The number of carbonyl (C=O) groups is 2. The Hall–Kier alpha value is -2.45. The summed E-state index contributed by atoms with van der Waals surface area (Å²) in [6.07, 6.45) is 27.2. The molecule has 6 N–H and O–H groups in total. The van der Waals surface area contributed by atoms with Crippen molar-refractivity contribution in [1.82, 2.24) is 0 Å². The lowest BCUT2D eigenvalue weighted by Crippen LogP contribution is -2.64. The maximum absolute atomic E-state index is 12.8. The van der Waals surface area contributed by atoms with E-state index in [1.165, 1.54) is 51.4 Å². The topological polar surface area (TPSA) is 210 Å². The quantitative estimate of drug-likeness (QED) is 0.0159. The molecule has 0 aromatic heterocycles. The molecule has 1 saturated carbocycles. The molecule has 0 heterocycles. The normalized spacial score (nSPS) is 23.1. The molecule has 8 atom stereocenters. The zero-order chi connectivity index (χ0) is 42.9. The first kappa shape index (κ1) is 53.6. The van der Waals surface area contributed by atoms with Gasteiger partial charge in [0.2, 0.25) is 0 Å². The minimum absolute atomic E-state index is 0.0173. The van der Waals surface area contributed by atoms with Crippen LogP contribution in [0.3, 0.4) is 0 Å². The van der Waals surface area contributed by atoms with Crippen molar-refractivity contribution in [3.05, 3.63) is 60.8 Å². The van der Waals surface area contributed by atoms with Crippen LogP contribution >= 0.6 is 7.82 Å². The lowest BCUT2D eigenvalue weighted by molar-refractivity contribution is -0.220. The minimum atomic E-state index is -5.13. The smallest absolute Gasteiger partial charge is 0.462 e. The summed E-state index contributed by atoms with van der Waals surface area (Å²) in [5, 5.41) is 50.0. The fraction of sp³-hybridized carbons (Fsp3) is 0.727. The zero-order valence-corrected chi connectivity index (χ0v) is 36.0. The Morgan fingerprint density at radius 3 is 1.48 bits per heavy atom. The van der Waals surface area contributed by atoms with E-state index >= 15 is 0 Å². The molecule has 1 rings (SSSR count). The van der Waals surface area contributed by atoms with Gasteiger partial charge in [-0.3, -0.25) is 18.6 Å². The maximum atomic E-state index is 12.8. The van der Waals surface area contributed by atoms with Gasteiger partial charge in [0.1, 0.15) is 43.2 Å². The van der Waals surface area contributed by atoms with E-state index in [1.807, 2.05) is 12.2 Å². The number of unbranched alkanes of at least 4 members (excludes halogenated alkanes) is 12. The third-order valence-electron chi connectivity index (χ3n) is 9.62. The van der Waals surface area contributed by atoms with Crippen molar-refractivity contribution >= 4 is 19.8 Å². The van der Waals surface area contributed by atoms with Crippen LogP contribution in [0.15, 0.2) is 60.8 Å². The fourth-order valence-electron chi connectivity index (χ4n) is 6.15. The molecule has 334 valence electrons. The summed E-state index contributed by atoms with van der Waals surface area (Å²) in [6, 6.07) is 0. The molecule has 0 aromatic carbocycles. The van der Waals surface area contributed by atoms with E-state index in [4.69, 9.17) is 18.5 Å². The number of rotatable bonds is 34. The SMILES string of the molecule is CC/C=C\C/C=C\C/C=C\C/C=C\C/C=C\CCCC(=O)O[C@H](COC(=O)CCCCCCCCCCCCCC)COP(=O)(O)OC1C(O)C(O)C(O)[C@@H](O)C1O. The monoisotopic (exact) mass is 842 g/mol. The number of hydrogen-bond acceptors (Lipinski definition) is 12. The van der Waals surface area contributed by atoms with Gasteiger partial charge in [-0.05, 0) is 51.4 Å². The van der Waals surface area contributed by atoms with Crippen LogP contribution in [-0.4, -0.2) is 98.3 Å². The molecule has 0 radical (unpaired) electrons. The zero-order valence-electron chi connectivity index (χ0n) is 35.1. The second kappa shape index (κ2) is 34.3. The van der Waals surface area contributed by atoms with Crippen molar-refractivity contribution in [2.45, 2.75) is 191 Å². The van der Waals surface area contributed by atoms with Crippen LogP contribution in [0.5, 0.6) is 0 Å². The lowest BCUT2D eigenvalue weighted by Gasteiger charge is -2.41. The Kier molecular flexibility index (Phi) is 31.7. The van der Waals surface area contributed by atoms with Crippen LogP contribution in [0, 0.1) is 0 Å². The number of ether oxygens (including phenoxy) is 2. The predicted molar refractivity (Wildman–Crippen MR) is 226 cm³/mol. The van der Waals surface area contributed by atoms with Gasteiger partial charge in [-0.15, -0.1) is 0 Å². The highest BCUT2D eigenvalue weighted by atomic mass is 31.2. The molecule has 1 fully saturated rings. The Balaban J connectivity index is 2.55. The Morgan fingerprint density at radius 1 is 0.552 bits per heavy atom. The summed E-state index contributed by atoms with van der Waals surface area (Å²) >= 11 is 0. The van der Waals surface area contributed by atoms with Gasteiger partial charge in [-0.25, -0.2) is 4.57 Å². The van der Waals surface area contributed by atoms with Gasteiger partial charge >= 0.3 is 19.8 Å². The third-order valence-corrected chi connectivity index (χ3v) is 10.6. The van der Waals surface area contributed by atoms with Crippen LogP contribution < -0.4 is 0 Å². The highest BCUT2D eigenvalue weighted by molar-refractivity contribution is 7.47. The van der Waals surface area contributed by atoms with Crippen molar-refractivity contribution in [3.8, 4) is 0 Å². The lowest BCUT2D eigenvalue weighted by atomic mass is 9.85. The van der Waals surface area contributed by atoms with Crippen molar-refractivity contribution in [1.29, 1.82) is 0 Å². The van der Waals surface area contributed by atoms with E-state index < -0.39 is 75.7 Å². The summed E-state index contributed by atoms with van der Waals surface area (Å²) < 4.78 is 33.4. The molecule has 1 aliphatic carbocycles. The minimum Gasteiger partial charge on any atom is -0.462 e. The van der Waals surface area contributed by atoms with Gasteiger partial charge < -0.3 is 39.9 Å². The summed E-state index contributed by atoms with van der Waals surface area (Å²) in [6.45, 7) is 3.11. The average Bonchev–Trinajstić information content (AvgIpc) is 3.20. The van der Waals surface area contributed by atoms with Gasteiger partial charge in [0.15, 0.2) is 6.10 Å². The van der Waals surface area contributed by atoms with Crippen molar-refractivity contribution in [3.63, 3.8) is 0 Å². The first-order chi connectivity index (χ1) is 27.9. The Labute approximate surface area is 347 Å². The molecule has 14 heteroatoms. The van der Waals surface area contributed by atoms with Crippen LogP contribution in [0.1, 0.15) is 149 Å². The highest BCUT2D eigenvalue weighted by Gasteiger charge is 2.51. The summed E-state index contributed by atoms with van der Waals surface area (Å²) in [7, 11) is -5.13. The van der Waals surface area contributed by atoms with E-state index in [2.05, 4.69) is 62.5 Å².